The molecule has 0 amide bonds. The minimum atomic E-state index is -0.715. The molecule has 2 aliphatic rings. The smallest absolute Gasteiger partial charge is 0.0869 e. The van der Waals surface area contributed by atoms with E-state index in [9.17, 15) is 5.11 Å². The number of likely N-dealkylation sites (tertiary alicyclic amines) is 1. The van der Waals surface area contributed by atoms with E-state index >= 15 is 0 Å². The molecule has 0 spiro atoms. The summed E-state index contributed by atoms with van der Waals surface area (Å²) >= 11 is 0. The molecule has 162 valence electrons. The van der Waals surface area contributed by atoms with Crippen molar-refractivity contribution in [2.45, 2.75) is 75.1 Å². The monoisotopic (exact) mass is 406 g/mol. The van der Waals surface area contributed by atoms with Gasteiger partial charge in [0.25, 0.3) is 0 Å². The number of aliphatic hydroxyl groups is 1. The van der Waals surface area contributed by atoms with Crippen molar-refractivity contribution in [1.82, 2.24) is 9.80 Å². The summed E-state index contributed by atoms with van der Waals surface area (Å²) in [5, 5.41) is 11.9. The lowest BCUT2D eigenvalue weighted by Gasteiger charge is -2.58. The fourth-order valence-corrected chi connectivity index (χ4v) is 6.57. The number of nitrogens with zero attached hydrogens (tertiary/aromatic N) is 2. The molecule has 1 N–H and O–H groups in total. The third kappa shape index (κ3) is 3.95. The van der Waals surface area contributed by atoms with E-state index in [0.717, 1.165) is 13.0 Å². The second kappa shape index (κ2) is 8.82. The third-order valence-electron chi connectivity index (χ3n) is 7.74. The number of hydrogen-bond acceptors (Lipinski definition) is 3. The van der Waals surface area contributed by atoms with E-state index in [2.05, 4.69) is 91.5 Å². The topological polar surface area (TPSA) is 26.7 Å². The summed E-state index contributed by atoms with van der Waals surface area (Å²) in [6, 6.07) is 22.0. The van der Waals surface area contributed by atoms with Crippen LogP contribution in [0.2, 0.25) is 0 Å². The maximum absolute atomic E-state index is 11.9. The maximum Gasteiger partial charge on any atom is 0.0869 e. The van der Waals surface area contributed by atoms with Crippen molar-refractivity contribution in [3.63, 3.8) is 0 Å². The van der Waals surface area contributed by atoms with Crippen LogP contribution < -0.4 is 0 Å². The third-order valence-corrected chi connectivity index (χ3v) is 7.74. The molecule has 2 aromatic rings. The van der Waals surface area contributed by atoms with Crippen LogP contribution in [0.15, 0.2) is 60.7 Å². The van der Waals surface area contributed by atoms with Gasteiger partial charge in [-0.3, -0.25) is 4.90 Å². The lowest BCUT2D eigenvalue weighted by Crippen LogP contribution is -2.69. The molecule has 1 heterocycles. The number of hydrogen-bond donors (Lipinski definition) is 1. The molecular weight excluding hydrogens is 368 g/mol. The highest BCUT2D eigenvalue weighted by Gasteiger charge is 2.52. The van der Waals surface area contributed by atoms with Gasteiger partial charge in [0, 0.05) is 24.5 Å². The van der Waals surface area contributed by atoms with Gasteiger partial charge in [0.1, 0.15) is 0 Å². The number of likely N-dealkylation sites (N-methyl/N-ethyl adjacent to an activating group) is 1. The van der Waals surface area contributed by atoms with E-state index < -0.39 is 5.60 Å². The van der Waals surface area contributed by atoms with E-state index in [4.69, 9.17) is 0 Å². The summed E-state index contributed by atoms with van der Waals surface area (Å²) in [7, 11) is 4.27. The van der Waals surface area contributed by atoms with Gasteiger partial charge in [0.2, 0.25) is 0 Å². The Labute approximate surface area is 182 Å². The zero-order chi connectivity index (χ0) is 21.2. The number of piperidine rings is 1. The molecule has 0 aromatic heterocycles. The highest BCUT2D eigenvalue weighted by atomic mass is 16.3. The van der Waals surface area contributed by atoms with Gasteiger partial charge >= 0.3 is 0 Å². The molecule has 30 heavy (non-hydrogen) atoms. The summed E-state index contributed by atoms with van der Waals surface area (Å²) in [6.07, 6.45) is 7.89. The van der Waals surface area contributed by atoms with Gasteiger partial charge in [0.15, 0.2) is 0 Å². The molecule has 2 fully saturated rings. The Hall–Kier alpha value is -1.68. The van der Waals surface area contributed by atoms with Crippen LogP contribution in [0.3, 0.4) is 0 Å². The summed E-state index contributed by atoms with van der Waals surface area (Å²) in [6.45, 7) is 3.29. The Bertz CT molecular complexity index is 800. The average Bonchev–Trinajstić information content (AvgIpc) is 2.75. The van der Waals surface area contributed by atoms with Crippen molar-refractivity contribution in [1.29, 1.82) is 0 Å². The molecule has 1 aliphatic carbocycles. The van der Waals surface area contributed by atoms with Crippen LogP contribution >= 0.6 is 0 Å². The van der Waals surface area contributed by atoms with Gasteiger partial charge in [-0.1, -0.05) is 79.9 Å². The minimum Gasteiger partial charge on any atom is -0.388 e. The fraction of sp³-hybridized carbons (Fsp3) is 0.556. The number of benzene rings is 2. The first-order valence-corrected chi connectivity index (χ1v) is 11.7. The Morgan fingerprint density at radius 1 is 0.900 bits per heavy atom. The van der Waals surface area contributed by atoms with Crippen LogP contribution in [-0.2, 0) is 12.0 Å². The van der Waals surface area contributed by atoms with Crippen molar-refractivity contribution in [2.24, 2.45) is 0 Å². The summed E-state index contributed by atoms with van der Waals surface area (Å²) < 4.78 is 0. The van der Waals surface area contributed by atoms with E-state index in [-0.39, 0.29) is 17.6 Å². The minimum absolute atomic E-state index is 0.0916. The molecule has 1 aliphatic heterocycles. The van der Waals surface area contributed by atoms with Crippen LogP contribution in [-0.4, -0.2) is 53.2 Å². The lowest BCUT2D eigenvalue weighted by atomic mass is 9.70. The normalized spacial score (nSPS) is 29.8. The quantitative estimate of drug-likeness (QED) is 0.769. The molecule has 2 aromatic carbocycles. The van der Waals surface area contributed by atoms with Crippen LogP contribution in [0.25, 0.3) is 0 Å². The Morgan fingerprint density at radius 3 is 2.10 bits per heavy atom. The first-order chi connectivity index (χ1) is 14.5. The summed E-state index contributed by atoms with van der Waals surface area (Å²) in [4.78, 5) is 5.02. The van der Waals surface area contributed by atoms with Gasteiger partial charge in [0.05, 0.1) is 11.6 Å². The first kappa shape index (κ1) is 21.5. The van der Waals surface area contributed by atoms with E-state index in [1.807, 2.05) is 0 Å². The molecule has 3 nitrogen and oxygen atoms in total. The molecule has 0 bridgehead atoms. The Kier molecular flexibility index (Phi) is 6.34. The first-order valence-electron chi connectivity index (χ1n) is 11.7. The highest BCUT2D eigenvalue weighted by Crippen LogP contribution is 2.47. The Morgan fingerprint density at radius 2 is 1.50 bits per heavy atom. The second-order valence-electron chi connectivity index (χ2n) is 9.82. The van der Waals surface area contributed by atoms with Crippen molar-refractivity contribution in [3.8, 4) is 0 Å². The van der Waals surface area contributed by atoms with Crippen molar-refractivity contribution in [3.05, 3.63) is 71.8 Å². The van der Waals surface area contributed by atoms with Crippen LogP contribution in [0.5, 0.6) is 0 Å². The van der Waals surface area contributed by atoms with Gasteiger partial charge in [-0.15, -0.1) is 0 Å². The maximum atomic E-state index is 11.9. The highest BCUT2D eigenvalue weighted by molar-refractivity contribution is 5.27. The zero-order valence-corrected chi connectivity index (χ0v) is 18.9. The van der Waals surface area contributed by atoms with Crippen molar-refractivity contribution >= 4 is 0 Å². The van der Waals surface area contributed by atoms with E-state index in [0.29, 0.717) is 6.42 Å². The van der Waals surface area contributed by atoms with Gasteiger partial charge in [-0.05, 0) is 51.4 Å². The molecule has 1 saturated carbocycles. The number of rotatable bonds is 5. The van der Waals surface area contributed by atoms with Crippen molar-refractivity contribution in [2.75, 3.05) is 20.6 Å². The molecular formula is C27H38N2O. The lowest BCUT2D eigenvalue weighted by molar-refractivity contribution is -0.138. The zero-order valence-electron chi connectivity index (χ0n) is 18.9. The van der Waals surface area contributed by atoms with Crippen LogP contribution in [0, 0.1) is 0 Å². The van der Waals surface area contributed by atoms with Crippen LogP contribution in [0.1, 0.15) is 56.6 Å². The second-order valence-corrected chi connectivity index (χ2v) is 9.82. The molecule has 3 unspecified atom stereocenters. The molecule has 3 atom stereocenters. The predicted molar refractivity (Wildman–Crippen MR) is 125 cm³/mol. The molecule has 0 radical (unpaired) electrons. The van der Waals surface area contributed by atoms with E-state index in [1.165, 1.54) is 43.2 Å². The summed E-state index contributed by atoms with van der Waals surface area (Å²) in [5.41, 5.74) is 2.07. The molecule has 1 saturated heterocycles. The van der Waals surface area contributed by atoms with Crippen molar-refractivity contribution < 1.29 is 5.11 Å². The standard InChI is InChI=1S/C27H38N2O/c1-22-25(28(2)3)27(30,21-23-13-7-4-8-14-23)19-20-29(22)26(17-11-6-12-18-26)24-15-9-5-10-16-24/h4-5,7-10,13-16,22,25,30H,6,11-12,17-21H2,1-3H3. The van der Waals surface area contributed by atoms with Crippen LogP contribution in [0.4, 0.5) is 0 Å². The Balaban J connectivity index is 1.68. The van der Waals surface area contributed by atoms with Gasteiger partial charge < -0.3 is 10.0 Å². The fourth-order valence-electron chi connectivity index (χ4n) is 6.57. The molecule has 4 rings (SSSR count). The van der Waals surface area contributed by atoms with E-state index in [1.54, 1.807) is 0 Å². The molecule has 3 heteroatoms. The summed E-state index contributed by atoms with van der Waals surface area (Å²) in [5.74, 6) is 0. The van der Waals surface area contributed by atoms with Gasteiger partial charge in [-0.25, -0.2) is 0 Å². The predicted octanol–water partition coefficient (Wildman–Crippen LogP) is 4.84. The average molecular weight is 407 g/mol. The largest absolute Gasteiger partial charge is 0.388 e. The van der Waals surface area contributed by atoms with Gasteiger partial charge in [-0.2, -0.15) is 0 Å². The SMILES string of the molecule is CC1C(N(C)C)C(O)(Cc2ccccc2)CCN1C1(c2ccccc2)CCCCC1.